The summed E-state index contributed by atoms with van der Waals surface area (Å²) in [5.74, 6) is 0.810. The SMILES string of the molecule is C=CC(=O)OC(C)CCOc1c(C)cc(C2(c3cc(C)c(OCCC(C)OC(=O)C=C)c(C)c3)c3ccccc3-c3ccccc32)cc1C. The van der Waals surface area contributed by atoms with E-state index in [0.717, 1.165) is 44.9 Å². The summed E-state index contributed by atoms with van der Waals surface area (Å²) in [6.45, 7) is 19.9. The highest BCUT2D eigenvalue weighted by molar-refractivity contribution is 5.86. The number of benzene rings is 4. The fourth-order valence-corrected chi connectivity index (χ4v) is 7.08. The lowest BCUT2D eigenvalue weighted by molar-refractivity contribution is -0.143. The molecule has 5 rings (SSSR count). The van der Waals surface area contributed by atoms with Crippen LogP contribution in [0.2, 0.25) is 0 Å². The normalized spacial score (nSPS) is 13.8. The molecule has 0 bridgehead atoms. The van der Waals surface area contributed by atoms with Gasteiger partial charge in [-0.2, -0.15) is 0 Å². The second-order valence-corrected chi connectivity index (χ2v) is 12.9. The van der Waals surface area contributed by atoms with Gasteiger partial charge in [0.05, 0.1) is 18.6 Å². The lowest BCUT2D eigenvalue weighted by atomic mass is 9.66. The average molecular weight is 659 g/mol. The van der Waals surface area contributed by atoms with Crippen LogP contribution in [0.4, 0.5) is 0 Å². The van der Waals surface area contributed by atoms with Gasteiger partial charge in [0.2, 0.25) is 0 Å². The minimum Gasteiger partial charge on any atom is -0.493 e. The van der Waals surface area contributed by atoms with Crippen LogP contribution < -0.4 is 9.47 Å². The number of fused-ring (bicyclic) bond motifs is 3. The van der Waals surface area contributed by atoms with Crippen molar-refractivity contribution in [2.45, 2.75) is 72.0 Å². The van der Waals surface area contributed by atoms with Gasteiger partial charge in [0, 0.05) is 25.0 Å². The largest absolute Gasteiger partial charge is 0.493 e. The molecular formula is C43H46O6. The zero-order valence-electron chi connectivity index (χ0n) is 29.4. The number of aryl methyl sites for hydroxylation is 4. The summed E-state index contributed by atoms with van der Waals surface area (Å²) in [5.41, 5.74) is 10.8. The van der Waals surface area contributed by atoms with Crippen LogP contribution in [0.5, 0.6) is 11.5 Å². The molecule has 4 aromatic rings. The van der Waals surface area contributed by atoms with Gasteiger partial charge in [0.15, 0.2) is 0 Å². The van der Waals surface area contributed by atoms with E-state index in [-0.39, 0.29) is 12.2 Å². The summed E-state index contributed by atoms with van der Waals surface area (Å²) in [5, 5.41) is 0. The molecule has 0 spiro atoms. The predicted octanol–water partition coefficient (Wildman–Crippen LogP) is 9.06. The van der Waals surface area contributed by atoms with Gasteiger partial charge >= 0.3 is 11.9 Å². The molecule has 2 unspecified atom stereocenters. The first-order valence-electron chi connectivity index (χ1n) is 16.9. The van der Waals surface area contributed by atoms with Crippen LogP contribution in [0.1, 0.15) is 71.2 Å². The van der Waals surface area contributed by atoms with Crippen molar-refractivity contribution in [3.8, 4) is 22.6 Å². The smallest absolute Gasteiger partial charge is 0.330 e. The number of hydrogen-bond acceptors (Lipinski definition) is 6. The van der Waals surface area contributed by atoms with E-state index in [1.807, 2.05) is 13.8 Å². The van der Waals surface area contributed by atoms with Crippen LogP contribution in [0.3, 0.4) is 0 Å². The van der Waals surface area contributed by atoms with Gasteiger partial charge in [-0.3, -0.25) is 0 Å². The zero-order chi connectivity index (χ0) is 35.3. The van der Waals surface area contributed by atoms with Gasteiger partial charge in [-0.1, -0.05) is 86.0 Å². The van der Waals surface area contributed by atoms with Crippen LogP contribution in [0.25, 0.3) is 11.1 Å². The Morgan fingerprint density at radius 2 is 0.980 bits per heavy atom. The maximum atomic E-state index is 11.6. The Morgan fingerprint density at radius 3 is 1.33 bits per heavy atom. The molecular weight excluding hydrogens is 612 g/mol. The Hall–Kier alpha value is -5.10. The van der Waals surface area contributed by atoms with E-state index < -0.39 is 17.4 Å². The monoisotopic (exact) mass is 658 g/mol. The van der Waals surface area contributed by atoms with Crippen LogP contribution in [-0.4, -0.2) is 37.4 Å². The van der Waals surface area contributed by atoms with Crippen molar-refractivity contribution >= 4 is 11.9 Å². The highest BCUT2D eigenvalue weighted by Crippen LogP contribution is 2.57. The Kier molecular flexibility index (Phi) is 10.8. The summed E-state index contributed by atoms with van der Waals surface area (Å²) in [4.78, 5) is 23.2. The van der Waals surface area contributed by atoms with Crippen molar-refractivity contribution in [3.63, 3.8) is 0 Å². The van der Waals surface area contributed by atoms with Crippen LogP contribution in [0.15, 0.2) is 98.1 Å². The van der Waals surface area contributed by atoms with Crippen molar-refractivity contribution in [1.82, 2.24) is 0 Å². The molecule has 0 N–H and O–H groups in total. The highest BCUT2D eigenvalue weighted by Gasteiger charge is 2.46. The maximum absolute atomic E-state index is 11.6. The van der Waals surface area contributed by atoms with Crippen molar-refractivity contribution in [1.29, 1.82) is 0 Å². The number of carbonyl (C=O) groups excluding carboxylic acids is 2. The molecule has 1 aliphatic rings. The zero-order valence-corrected chi connectivity index (χ0v) is 29.4. The molecule has 0 saturated heterocycles. The van der Waals surface area contributed by atoms with Crippen LogP contribution in [-0.2, 0) is 24.5 Å². The van der Waals surface area contributed by atoms with Crippen molar-refractivity contribution < 1.29 is 28.5 Å². The number of carbonyl (C=O) groups is 2. The summed E-state index contributed by atoms with van der Waals surface area (Å²) in [7, 11) is 0. The van der Waals surface area contributed by atoms with Gasteiger partial charge in [-0.25, -0.2) is 9.59 Å². The maximum Gasteiger partial charge on any atom is 0.330 e. The third kappa shape index (κ3) is 7.05. The lowest BCUT2D eigenvalue weighted by Crippen LogP contribution is -2.29. The molecule has 0 fully saturated rings. The molecule has 49 heavy (non-hydrogen) atoms. The van der Waals surface area contributed by atoms with Gasteiger partial charge in [0.25, 0.3) is 0 Å². The molecule has 254 valence electrons. The third-order valence-corrected chi connectivity index (χ3v) is 9.25. The molecule has 0 heterocycles. The summed E-state index contributed by atoms with van der Waals surface area (Å²) >= 11 is 0. The summed E-state index contributed by atoms with van der Waals surface area (Å²) in [6.07, 6.45) is 2.92. The number of rotatable bonds is 14. The summed E-state index contributed by atoms with van der Waals surface area (Å²) in [6, 6.07) is 26.4. The van der Waals surface area contributed by atoms with Crippen molar-refractivity contribution in [2.24, 2.45) is 0 Å². The molecule has 6 nitrogen and oxygen atoms in total. The predicted molar refractivity (Wildman–Crippen MR) is 194 cm³/mol. The minimum absolute atomic E-state index is 0.281. The highest BCUT2D eigenvalue weighted by atomic mass is 16.5. The molecule has 1 aliphatic carbocycles. The van der Waals surface area contributed by atoms with E-state index in [1.54, 1.807) is 0 Å². The molecule has 0 aliphatic heterocycles. The van der Waals surface area contributed by atoms with Gasteiger partial charge in [-0.05, 0) is 97.2 Å². The fraction of sp³-hybridized carbons (Fsp3) is 0.302. The first-order chi connectivity index (χ1) is 23.5. The molecule has 0 aromatic heterocycles. The average Bonchev–Trinajstić information content (AvgIpc) is 3.38. The standard InChI is InChI=1S/C43H46O6/c1-9-39(44)48-31(7)19-21-46-41-27(3)23-33(24-28(41)4)43(37-17-13-11-15-35(37)36-16-12-14-18-38(36)43)34-25-29(5)42(30(6)26-34)47-22-20-32(8)49-40(45)10-2/h9-18,23-26,31-32H,1-2,19-22H2,3-8H3. The van der Waals surface area contributed by atoms with E-state index in [0.29, 0.717) is 26.1 Å². The second kappa shape index (κ2) is 15.0. The Bertz CT molecular complexity index is 1700. The molecule has 0 saturated carbocycles. The quantitative estimate of drug-likeness (QED) is 0.0876. The van der Waals surface area contributed by atoms with Crippen molar-refractivity contribution in [2.75, 3.05) is 13.2 Å². The summed E-state index contributed by atoms with van der Waals surface area (Å²) < 4.78 is 23.3. The van der Waals surface area contributed by atoms with E-state index in [9.17, 15) is 9.59 Å². The molecule has 6 heteroatoms. The van der Waals surface area contributed by atoms with E-state index >= 15 is 0 Å². The first-order valence-corrected chi connectivity index (χ1v) is 16.9. The number of hydrogen-bond donors (Lipinski definition) is 0. The first kappa shape index (κ1) is 35.2. The second-order valence-electron chi connectivity index (χ2n) is 12.9. The Labute approximate surface area is 290 Å². The van der Waals surface area contributed by atoms with E-state index in [2.05, 4.69) is 114 Å². The molecule has 2 atom stereocenters. The molecule has 0 radical (unpaired) electrons. The number of ether oxygens (including phenoxy) is 4. The van der Waals surface area contributed by atoms with E-state index in [4.69, 9.17) is 18.9 Å². The van der Waals surface area contributed by atoms with Gasteiger partial charge in [-0.15, -0.1) is 0 Å². The van der Waals surface area contributed by atoms with Gasteiger partial charge in [0.1, 0.15) is 23.7 Å². The molecule has 4 aromatic carbocycles. The van der Waals surface area contributed by atoms with Crippen molar-refractivity contribution in [3.05, 3.63) is 143 Å². The van der Waals surface area contributed by atoms with E-state index in [1.165, 1.54) is 34.4 Å². The lowest BCUT2D eigenvalue weighted by Gasteiger charge is -2.35. The number of esters is 2. The Balaban J connectivity index is 1.56. The fourth-order valence-electron chi connectivity index (χ4n) is 7.08. The van der Waals surface area contributed by atoms with Crippen LogP contribution in [0, 0.1) is 27.7 Å². The van der Waals surface area contributed by atoms with Crippen LogP contribution >= 0.6 is 0 Å². The Morgan fingerprint density at radius 1 is 0.633 bits per heavy atom. The van der Waals surface area contributed by atoms with Gasteiger partial charge < -0.3 is 18.9 Å². The molecule has 0 amide bonds. The third-order valence-electron chi connectivity index (χ3n) is 9.25. The topological polar surface area (TPSA) is 71.1 Å². The minimum atomic E-state index is -0.587.